The van der Waals surface area contributed by atoms with Gasteiger partial charge >= 0.3 is 0 Å². The fraction of sp³-hybridized carbons (Fsp3) is 0.467. The van der Waals surface area contributed by atoms with Crippen LogP contribution in [0.2, 0.25) is 0 Å². The van der Waals surface area contributed by atoms with E-state index in [2.05, 4.69) is 10.3 Å². The third-order valence-electron chi connectivity index (χ3n) is 3.88. The van der Waals surface area contributed by atoms with Gasteiger partial charge < -0.3 is 10.3 Å². The zero-order valence-electron chi connectivity index (χ0n) is 11.4. The van der Waals surface area contributed by atoms with Crippen molar-refractivity contribution in [2.24, 2.45) is 0 Å². The fourth-order valence-corrected chi connectivity index (χ4v) is 4.01. The first-order chi connectivity index (χ1) is 9.65. The lowest BCUT2D eigenvalue weighted by molar-refractivity contribution is 0.560. The molecule has 0 aliphatic carbocycles. The van der Waals surface area contributed by atoms with Crippen LogP contribution in [0.15, 0.2) is 12.1 Å². The van der Waals surface area contributed by atoms with E-state index in [4.69, 9.17) is 0 Å². The summed E-state index contributed by atoms with van der Waals surface area (Å²) >= 11 is 1.97. The van der Waals surface area contributed by atoms with Gasteiger partial charge in [-0.2, -0.15) is 11.8 Å². The Kier molecular flexibility index (Phi) is 3.98. The molecule has 0 spiro atoms. The molecule has 1 aliphatic heterocycles. The zero-order valence-corrected chi connectivity index (χ0v) is 12.2. The number of H-pyrrole nitrogens is 1. The molecule has 5 heteroatoms. The SMILES string of the molecule is Cc1[nH]c2c(F)cc(F)cc2c1CCN[C@@H]1CCSC1. The maximum absolute atomic E-state index is 13.7. The van der Waals surface area contributed by atoms with Crippen molar-refractivity contribution >= 4 is 22.7 Å². The minimum atomic E-state index is -0.519. The second-order valence-corrected chi connectivity index (χ2v) is 6.45. The molecule has 1 aromatic carbocycles. The molecule has 108 valence electrons. The third-order valence-corrected chi connectivity index (χ3v) is 5.05. The van der Waals surface area contributed by atoms with Gasteiger partial charge in [-0.1, -0.05) is 0 Å². The first-order valence-electron chi connectivity index (χ1n) is 6.92. The van der Waals surface area contributed by atoms with Crippen LogP contribution in [-0.4, -0.2) is 29.1 Å². The first kappa shape index (κ1) is 13.9. The molecule has 2 nitrogen and oxygen atoms in total. The van der Waals surface area contributed by atoms with E-state index in [-0.39, 0.29) is 0 Å². The van der Waals surface area contributed by atoms with E-state index in [0.717, 1.165) is 36.0 Å². The van der Waals surface area contributed by atoms with Crippen LogP contribution in [0.5, 0.6) is 0 Å². The van der Waals surface area contributed by atoms with Crippen LogP contribution in [0.4, 0.5) is 8.78 Å². The summed E-state index contributed by atoms with van der Waals surface area (Å²) in [4.78, 5) is 3.03. The maximum Gasteiger partial charge on any atom is 0.150 e. The summed E-state index contributed by atoms with van der Waals surface area (Å²) in [5, 5.41) is 4.19. The summed E-state index contributed by atoms with van der Waals surface area (Å²) in [5.41, 5.74) is 2.35. The molecular formula is C15H18F2N2S. The minimum absolute atomic E-state index is 0.412. The Morgan fingerprint density at radius 2 is 2.25 bits per heavy atom. The van der Waals surface area contributed by atoms with Crippen molar-refractivity contribution in [2.75, 3.05) is 18.1 Å². The number of aromatic nitrogens is 1. The summed E-state index contributed by atoms with van der Waals surface area (Å²) in [7, 11) is 0. The molecule has 0 amide bonds. The molecule has 2 N–H and O–H groups in total. The Morgan fingerprint density at radius 1 is 1.40 bits per heavy atom. The monoisotopic (exact) mass is 296 g/mol. The highest BCUT2D eigenvalue weighted by molar-refractivity contribution is 7.99. The van der Waals surface area contributed by atoms with Gasteiger partial charge in [-0.05, 0) is 43.7 Å². The summed E-state index contributed by atoms with van der Waals surface area (Å²) in [5.74, 6) is 1.35. The normalized spacial score (nSPS) is 19.1. The number of hydrogen-bond acceptors (Lipinski definition) is 2. The number of rotatable bonds is 4. The Balaban J connectivity index is 1.78. The van der Waals surface area contributed by atoms with E-state index in [0.29, 0.717) is 16.9 Å². The van der Waals surface area contributed by atoms with E-state index in [9.17, 15) is 8.78 Å². The molecule has 0 radical (unpaired) electrons. The molecule has 1 atom stereocenters. The number of aryl methyl sites for hydroxylation is 1. The fourth-order valence-electron chi connectivity index (χ4n) is 2.82. The molecule has 1 saturated heterocycles. The second-order valence-electron chi connectivity index (χ2n) is 5.30. The zero-order chi connectivity index (χ0) is 14.1. The van der Waals surface area contributed by atoms with Crippen LogP contribution in [0.25, 0.3) is 10.9 Å². The van der Waals surface area contributed by atoms with Crippen molar-refractivity contribution in [3.8, 4) is 0 Å². The van der Waals surface area contributed by atoms with Gasteiger partial charge in [0.1, 0.15) is 11.6 Å². The molecule has 1 fully saturated rings. The minimum Gasteiger partial charge on any atom is -0.356 e. The Morgan fingerprint density at radius 3 is 3.00 bits per heavy atom. The van der Waals surface area contributed by atoms with Gasteiger partial charge in [-0.3, -0.25) is 0 Å². The smallest absolute Gasteiger partial charge is 0.150 e. The van der Waals surface area contributed by atoms with Gasteiger partial charge in [0, 0.05) is 28.9 Å². The van der Waals surface area contributed by atoms with Crippen LogP contribution in [-0.2, 0) is 6.42 Å². The second kappa shape index (κ2) is 5.74. The first-order valence-corrected chi connectivity index (χ1v) is 8.08. The van der Waals surface area contributed by atoms with Crippen molar-refractivity contribution in [3.05, 3.63) is 35.0 Å². The number of nitrogens with one attached hydrogen (secondary N) is 2. The van der Waals surface area contributed by atoms with Crippen LogP contribution in [0.3, 0.4) is 0 Å². The Labute approximate surface area is 121 Å². The number of halogens is 2. The maximum atomic E-state index is 13.7. The van der Waals surface area contributed by atoms with Crippen molar-refractivity contribution < 1.29 is 8.78 Å². The van der Waals surface area contributed by atoms with E-state index >= 15 is 0 Å². The molecular weight excluding hydrogens is 278 g/mol. The van der Waals surface area contributed by atoms with Crippen LogP contribution in [0.1, 0.15) is 17.7 Å². The van der Waals surface area contributed by atoms with Crippen molar-refractivity contribution in [1.82, 2.24) is 10.3 Å². The predicted molar refractivity (Wildman–Crippen MR) is 80.4 cm³/mol. The summed E-state index contributed by atoms with van der Waals surface area (Å²) in [6, 6.07) is 2.93. The largest absolute Gasteiger partial charge is 0.356 e. The average molecular weight is 296 g/mol. The molecule has 3 rings (SSSR count). The number of thioether (sulfide) groups is 1. The van der Waals surface area contributed by atoms with Gasteiger partial charge in [0.25, 0.3) is 0 Å². The lowest BCUT2D eigenvalue weighted by Crippen LogP contribution is -2.30. The molecule has 2 heterocycles. The standard InChI is InChI=1S/C15H18F2N2S/c1-9-12(2-4-18-11-3-5-20-8-11)13-6-10(16)7-14(17)15(13)19-9/h6-7,11,18-19H,2-5,8H2,1H3/t11-/m1/s1. The number of aromatic amines is 1. The van der Waals surface area contributed by atoms with Crippen LogP contribution >= 0.6 is 11.8 Å². The molecule has 1 aromatic heterocycles. The lowest BCUT2D eigenvalue weighted by Gasteiger charge is -2.11. The highest BCUT2D eigenvalue weighted by Crippen LogP contribution is 2.26. The van der Waals surface area contributed by atoms with Crippen molar-refractivity contribution in [2.45, 2.75) is 25.8 Å². The van der Waals surface area contributed by atoms with Gasteiger partial charge in [0.05, 0.1) is 5.52 Å². The van der Waals surface area contributed by atoms with E-state index < -0.39 is 11.6 Å². The predicted octanol–water partition coefficient (Wildman–Crippen LogP) is 3.39. The number of hydrogen-bond donors (Lipinski definition) is 2. The topological polar surface area (TPSA) is 27.8 Å². The highest BCUT2D eigenvalue weighted by Gasteiger charge is 2.16. The van der Waals surface area contributed by atoms with E-state index in [1.807, 2.05) is 18.7 Å². The Hall–Kier alpha value is -1.07. The summed E-state index contributed by atoms with van der Waals surface area (Å²) in [6.45, 7) is 2.76. The van der Waals surface area contributed by atoms with Gasteiger partial charge in [-0.15, -0.1) is 0 Å². The van der Waals surface area contributed by atoms with Crippen molar-refractivity contribution in [1.29, 1.82) is 0 Å². The van der Waals surface area contributed by atoms with Gasteiger partial charge in [0.2, 0.25) is 0 Å². The molecule has 20 heavy (non-hydrogen) atoms. The molecule has 0 bridgehead atoms. The third kappa shape index (κ3) is 2.69. The quantitative estimate of drug-likeness (QED) is 0.905. The summed E-state index contributed by atoms with van der Waals surface area (Å²) in [6.07, 6.45) is 2.00. The van der Waals surface area contributed by atoms with Crippen molar-refractivity contribution in [3.63, 3.8) is 0 Å². The average Bonchev–Trinajstić information content (AvgIpc) is 3.00. The Bertz CT molecular complexity index is 618. The molecule has 1 aliphatic rings. The highest BCUT2D eigenvalue weighted by atomic mass is 32.2. The van der Waals surface area contributed by atoms with E-state index in [1.54, 1.807) is 0 Å². The number of fused-ring (bicyclic) bond motifs is 1. The van der Waals surface area contributed by atoms with Crippen LogP contribution < -0.4 is 5.32 Å². The van der Waals surface area contributed by atoms with Gasteiger partial charge in [-0.25, -0.2) is 8.78 Å². The van der Waals surface area contributed by atoms with Crippen LogP contribution in [0, 0.1) is 18.6 Å². The van der Waals surface area contributed by atoms with E-state index in [1.165, 1.54) is 18.2 Å². The lowest BCUT2D eigenvalue weighted by atomic mass is 10.1. The molecule has 0 saturated carbocycles. The number of benzene rings is 1. The summed E-state index contributed by atoms with van der Waals surface area (Å²) < 4.78 is 27.1. The molecule has 0 unspecified atom stereocenters. The van der Waals surface area contributed by atoms with Gasteiger partial charge in [0.15, 0.2) is 0 Å². The molecule has 2 aromatic rings.